The Hall–Kier alpha value is -1.87. The van der Waals surface area contributed by atoms with E-state index >= 15 is 0 Å². The molecule has 1 N–H and O–H groups in total. The van der Waals surface area contributed by atoms with Crippen LogP contribution in [0.3, 0.4) is 0 Å². The zero-order chi connectivity index (χ0) is 13.8. The number of halogens is 2. The number of ketones is 1. The van der Waals surface area contributed by atoms with Crippen molar-refractivity contribution in [3.05, 3.63) is 64.4 Å². The number of phenolic OH excluding ortho intramolecular Hbond substituents is 1. The number of carbonyl (C=O) groups is 1. The van der Waals surface area contributed by atoms with E-state index in [-0.39, 0.29) is 29.4 Å². The number of Topliss-reactive ketones (excluding diaryl/α,β-unsaturated/α-hetero) is 1. The molecule has 0 spiro atoms. The van der Waals surface area contributed by atoms with Crippen LogP contribution >= 0.6 is 11.6 Å². The van der Waals surface area contributed by atoms with Gasteiger partial charge in [-0.1, -0.05) is 29.8 Å². The number of rotatable bonds is 4. The van der Waals surface area contributed by atoms with Gasteiger partial charge in [0.25, 0.3) is 0 Å². The first-order valence-corrected chi connectivity index (χ1v) is 6.16. The first-order chi connectivity index (χ1) is 9.04. The van der Waals surface area contributed by atoms with Gasteiger partial charge in [-0.05, 0) is 35.4 Å². The molecule has 0 atom stereocenters. The first-order valence-electron chi connectivity index (χ1n) is 5.78. The molecule has 0 aliphatic carbocycles. The molecule has 4 heteroatoms. The van der Waals surface area contributed by atoms with Gasteiger partial charge in [0.1, 0.15) is 17.3 Å². The minimum Gasteiger partial charge on any atom is -0.508 e. The smallest absolute Gasteiger partial charge is 0.141 e. The lowest BCUT2D eigenvalue weighted by Crippen LogP contribution is -2.06. The van der Waals surface area contributed by atoms with Gasteiger partial charge in [-0.15, -0.1) is 0 Å². The predicted molar refractivity (Wildman–Crippen MR) is 71.9 cm³/mol. The molecule has 0 saturated carbocycles. The minimum absolute atomic E-state index is 0.00775. The zero-order valence-corrected chi connectivity index (χ0v) is 10.8. The first kappa shape index (κ1) is 13.6. The summed E-state index contributed by atoms with van der Waals surface area (Å²) in [4.78, 5) is 11.9. The van der Waals surface area contributed by atoms with Gasteiger partial charge in [0, 0.05) is 12.8 Å². The van der Waals surface area contributed by atoms with Crippen molar-refractivity contribution in [3.63, 3.8) is 0 Å². The maximum absolute atomic E-state index is 13.0. The van der Waals surface area contributed by atoms with Crippen molar-refractivity contribution in [2.45, 2.75) is 12.8 Å². The standard InChI is InChI=1S/C15H12ClFO2/c16-14-9-11(3-6-15(14)17)8-13(19)7-10-1-4-12(18)5-2-10/h1-6,9,18H,7-8H2. The lowest BCUT2D eigenvalue weighted by Gasteiger charge is -2.03. The predicted octanol–water partition coefficient (Wildman–Crippen LogP) is 3.54. The van der Waals surface area contributed by atoms with Crippen molar-refractivity contribution in [2.24, 2.45) is 0 Å². The zero-order valence-electron chi connectivity index (χ0n) is 10.1. The Kier molecular flexibility index (Phi) is 4.17. The molecule has 0 radical (unpaired) electrons. The Bertz CT molecular complexity index is 594. The van der Waals surface area contributed by atoms with Gasteiger partial charge in [-0.2, -0.15) is 0 Å². The summed E-state index contributed by atoms with van der Waals surface area (Å²) in [6, 6.07) is 10.7. The Balaban J connectivity index is 2.01. The van der Waals surface area contributed by atoms with Crippen LogP contribution in [0.15, 0.2) is 42.5 Å². The fourth-order valence-electron chi connectivity index (χ4n) is 1.78. The summed E-state index contributed by atoms with van der Waals surface area (Å²) in [5.41, 5.74) is 1.52. The van der Waals surface area contributed by atoms with E-state index in [1.807, 2.05) is 0 Å². The summed E-state index contributed by atoms with van der Waals surface area (Å²) in [6.07, 6.45) is 0.482. The van der Waals surface area contributed by atoms with Gasteiger partial charge >= 0.3 is 0 Å². The van der Waals surface area contributed by atoms with Gasteiger partial charge in [-0.25, -0.2) is 4.39 Å². The molecule has 0 aliphatic heterocycles. The summed E-state index contributed by atoms with van der Waals surface area (Å²) in [5, 5.41) is 9.17. The molecule has 19 heavy (non-hydrogen) atoms. The molecule has 0 heterocycles. The van der Waals surface area contributed by atoms with E-state index in [0.29, 0.717) is 5.56 Å². The van der Waals surface area contributed by atoms with E-state index in [9.17, 15) is 9.18 Å². The summed E-state index contributed by atoms with van der Waals surface area (Å²) < 4.78 is 13.0. The third-order valence-electron chi connectivity index (χ3n) is 2.72. The van der Waals surface area contributed by atoms with E-state index in [0.717, 1.165) is 5.56 Å². The van der Waals surface area contributed by atoms with Crippen LogP contribution in [0.2, 0.25) is 5.02 Å². The monoisotopic (exact) mass is 278 g/mol. The van der Waals surface area contributed by atoms with E-state index in [1.54, 1.807) is 18.2 Å². The van der Waals surface area contributed by atoms with Crippen LogP contribution in [-0.2, 0) is 17.6 Å². The number of benzene rings is 2. The highest BCUT2D eigenvalue weighted by Crippen LogP contribution is 2.17. The highest BCUT2D eigenvalue weighted by molar-refractivity contribution is 6.30. The molecule has 0 unspecified atom stereocenters. The fraction of sp³-hybridized carbons (Fsp3) is 0.133. The number of hydrogen-bond acceptors (Lipinski definition) is 2. The molecule has 0 saturated heterocycles. The molecule has 2 rings (SSSR count). The summed E-state index contributed by atoms with van der Waals surface area (Å²) in [6.45, 7) is 0. The average Bonchev–Trinajstić information content (AvgIpc) is 2.37. The van der Waals surface area contributed by atoms with Crippen molar-refractivity contribution in [1.29, 1.82) is 0 Å². The summed E-state index contributed by atoms with van der Waals surface area (Å²) >= 11 is 5.66. The lowest BCUT2D eigenvalue weighted by atomic mass is 10.0. The molecule has 0 fully saturated rings. The topological polar surface area (TPSA) is 37.3 Å². The van der Waals surface area contributed by atoms with Crippen molar-refractivity contribution in [1.82, 2.24) is 0 Å². The second kappa shape index (κ2) is 5.85. The van der Waals surface area contributed by atoms with Gasteiger partial charge in [0.05, 0.1) is 5.02 Å². The van der Waals surface area contributed by atoms with Crippen LogP contribution in [0.25, 0.3) is 0 Å². The number of hydrogen-bond donors (Lipinski definition) is 1. The molecule has 0 amide bonds. The third-order valence-corrected chi connectivity index (χ3v) is 3.01. The maximum Gasteiger partial charge on any atom is 0.141 e. The highest BCUT2D eigenvalue weighted by Gasteiger charge is 2.07. The molecule has 0 aromatic heterocycles. The molecular weight excluding hydrogens is 267 g/mol. The molecule has 2 aromatic carbocycles. The van der Waals surface area contributed by atoms with Crippen LogP contribution in [-0.4, -0.2) is 10.9 Å². The molecule has 98 valence electrons. The Morgan fingerprint density at radius 1 is 1.05 bits per heavy atom. The highest BCUT2D eigenvalue weighted by atomic mass is 35.5. The van der Waals surface area contributed by atoms with Crippen molar-refractivity contribution in [2.75, 3.05) is 0 Å². The second-order valence-corrected chi connectivity index (χ2v) is 4.71. The SMILES string of the molecule is O=C(Cc1ccc(O)cc1)Cc1ccc(F)c(Cl)c1. The van der Waals surface area contributed by atoms with Crippen molar-refractivity contribution >= 4 is 17.4 Å². The van der Waals surface area contributed by atoms with Crippen LogP contribution < -0.4 is 0 Å². The van der Waals surface area contributed by atoms with Crippen LogP contribution in [0.1, 0.15) is 11.1 Å². The Labute approximate surface area is 115 Å². The second-order valence-electron chi connectivity index (χ2n) is 4.31. The van der Waals surface area contributed by atoms with Gasteiger partial charge in [0.2, 0.25) is 0 Å². The number of carbonyl (C=O) groups excluding carboxylic acids is 1. The Morgan fingerprint density at radius 3 is 2.26 bits per heavy atom. The number of phenols is 1. The summed E-state index contributed by atoms with van der Waals surface area (Å²) in [7, 11) is 0. The fourth-order valence-corrected chi connectivity index (χ4v) is 1.98. The van der Waals surface area contributed by atoms with E-state index in [2.05, 4.69) is 0 Å². The normalized spacial score (nSPS) is 10.4. The van der Waals surface area contributed by atoms with E-state index < -0.39 is 5.82 Å². The van der Waals surface area contributed by atoms with Crippen LogP contribution in [0.5, 0.6) is 5.75 Å². The van der Waals surface area contributed by atoms with Gasteiger partial charge < -0.3 is 5.11 Å². The summed E-state index contributed by atoms with van der Waals surface area (Å²) in [5.74, 6) is -0.314. The van der Waals surface area contributed by atoms with Crippen LogP contribution in [0.4, 0.5) is 4.39 Å². The van der Waals surface area contributed by atoms with E-state index in [1.165, 1.54) is 24.3 Å². The molecule has 2 nitrogen and oxygen atoms in total. The van der Waals surface area contributed by atoms with Gasteiger partial charge in [-0.3, -0.25) is 4.79 Å². The average molecular weight is 279 g/mol. The minimum atomic E-state index is -0.489. The third kappa shape index (κ3) is 3.80. The van der Waals surface area contributed by atoms with E-state index in [4.69, 9.17) is 16.7 Å². The number of aromatic hydroxyl groups is 1. The van der Waals surface area contributed by atoms with Crippen molar-refractivity contribution < 1.29 is 14.3 Å². The maximum atomic E-state index is 13.0. The quantitative estimate of drug-likeness (QED) is 0.929. The molecule has 0 bridgehead atoms. The lowest BCUT2D eigenvalue weighted by molar-refractivity contribution is -0.117. The van der Waals surface area contributed by atoms with Crippen LogP contribution in [0, 0.1) is 5.82 Å². The molecule has 2 aromatic rings. The van der Waals surface area contributed by atoms with Gasteiger partial charge in [0.15, 0.2) is 0 Å². The molecular formula is C15H12ClFO2. The Morgan fingerprint density at radius 2 is 1.63 bits per heavy atom. The van der Waals surface area contributed by atoms with Crippen molar-refractivity contribution in [3.8, 4) is 5.75 Å². The molecule has 0 aliphatic rings. The largest absolute Gasteiger partial charge is 0.508 e.